The van der Waals surface area contributed by atoms with Crippen LogP contribution < -0.4 is 0 Å². The van der Waals surface area contributed by atoms with Gasteiger partial charge in [-0.25, -0.2) is 0 Å². The number of hydrogen-bond donors (Lipinski definition) is 1. The summed E-state index contributed by atoms with van der Waals surface area (Å²) in [4.78, 5) is 23.7. The molecule has 0 bridgehead atoms. The maximum Gasteiger partial charge on any atom is 0.309 e. The fraction of sp³-hybridized carbons (Fsp3) is 0.917. The molecule has 164 valence electrons. The number of hydrogen-bond acceptors (Lipinski definition) is 3. The molecular formula is C24H44O4. The molecule has 4 heteroatoms. The highest BCUT2D eigenvalue weighted by molar-refractivity contribution is 5.74. The van der Waals surface area contributed by atoms with Crippen LogP contribution >= 0.6 is 0 Å². The summed E-state index contributed by atoms with van der Waals surface area (Å²) in [6.07, 6.45) is 15.7. The summed E-state index contributed by atoms with van der Waals surface area (Å²) in [5.74, 6) is -0.504. The van der Waals surface area contributed by atoms with E-state index in [9.17, 15) is 9.59 Å². The summed E-state index contributed by atoms with van der Waals surface area (Å²) >= 11 is 0. The first-order valence-electron chi connectivity index (χ1n) is 11.9. The molecule has 1 aliphatic rings. The van der Waals surface area contributed by atoms with Crippen molar-refractivity contribution in [1.82, 2.24) is 0 Å². The van der Waals surface area contributed by atoms with Crippen molar-refractivity contribution in [1.29, 1.82) is 0 Å². The number of unbranched alkanes of at least 4 members (excludes halogenated alkanes) is 6. The van der Waals surface area contributed by atoms with Crippen molar-refractivity contribution in [2.75, 3.05) is 0 Å². The Hall–Kier alpha value is -1.06. The zero-order valence-corrected chi connectivity index (χ0v) is 18.6. The fourth-order valence-corrected chi connectivity index (χ4v) is 4.18. The molecule has 0 aromatic heterocycles. The Labute approximate surface area is 172 Å². The van der Waals surface area contributed by atoms with E-state index in [2.05, 4.69) is 20.8 Å². The molecule has 0 spiro atoms. The van der Waals surface area contributed by atoms with E-state index in [4.69, 9.17) is 9.84 Å². The second-order valence-corrected chi connectivity index (χ2v) is 9.18. The van der Waals surface area contributed by atoms with Crippen LogP contribution in [0.15, 0.2) is 0 Å². The smallest absolute Gasteiger partial charge is 0.309 e. The highest BCUT2D eigenvalue weighted by Gasteiger charge is 2.31. The molecule has 28 heavy (non-hydrogen) atoms. The van der Waals surface area contributed by atoms with Crippen molar-refractivity contribution in [2.45, 2.75) is 123 Å². The monoisotopic (exact) mass is 396 g/mol. The Bertz CT molecular complexity index is 424. The van der Waals surface area contributed by atoms with Crippen LogP contribution in [0.2, 0.25) is 0 Å². The molecule has 0 radical (unpaired) electrons. The van der Waals surface area contributed by atoms with Gasteiger partial charge in [-0.15, -0.1) is 0 Å². The standard InChI is InChI=1S/C24H44O4/c1-4-5-6-7-8-9-10-13-22(14-11-12-19(2)3)28-24(27)21-17-15-20(16-18-21)23(25)26/h19-22H,4-18H2,1-3H3,(H,25,26). The van der Waals surface area contributed by atoms with E-state index >= 15 is 0 Å². The number of carbonyl (C=O) groups excluding carboxylic acids is 1. The molecule has 1 rings (SSSR count). The molecule has 1 unspecified atom stereocenters. The van der Waals surface area contributed by atoms with E-state index in [0.29, 0.717) is 31.6 Å². The molecule has 0 aliphatic heterocycles. The van der Waals surface area contributed by atoms with E-state index in [0.717, 1.165) is 25.7 Å². The van der Waals surface area contributed by atoms with Crippen molar-refractivity contribution in [2.24, 2.45) is 17.8 Å². The molecule has 1 atom stereocenters. The van der Waals surface area contributed by atoms with Gasteiger partial charge in [0, 0.05) is 0 Å². The first kappa shape index (κ1) is 25.0. The van der Waals surface area contributed by atoms with Gasteiger partial charge in [-0.1, -0.05) is 65.7 Å². The molecule has 1 aliphatic carbocycles. The summed E-state index contributed by atoms with van der Waals surface area (Å²) in [6.45, 7) is 6.71. The number of esters is 1. The van der Waals surface area contributed by atoms with Crippen LogP contribution in [0.4, 0.5) is 0 Å². The quantitative estimate of drug-likeness (QED) is 0.245. The lowest BCUT2D eigenvalue weighted by molar-refractivity contribution is -0.158. The van der Waals surface area contributed by atoms with E-state index < -0.39 is 5.97 Å². The first-order chi connectivity index (χ1) is 13.4. The molecule has 1 fully saturated rings. The number of carboxylic acids is 1. The van der Waals surface area contributed by atoms with E-state index in [1.165, 1.54) is 44.9 Å². The van der Waals surface area contributed by atoms with Crippen LogP contribution in [0.1, 0.15) is 117 Å². The third-order valence-corrected chi connectivity index (χ3v) is 6.13. The minimum Gasteiger partial charge on any atom is -0.481 e. The largest absolute Gasteiger partial charge is 0.481 e. The number of carbonyl (C=O) groups is 2. The minimum absolute atomic E-state index is 0.0408. The SMILES string of the molecule is CCCCCCCCCC(CCCC(C)C)OC(=O)C1CCC(C(=O)O)CC1. The van der Waals surface area contributed by atoms with Gasteiger partial charge in [0.15, 0.2) is 0 Å². The predicted octanol–water partition coefficient (Wildman–Crippen LogP) is 6.76. The number of ether oxygens (including phenoxy) is 1. The van der Waals surface area contributed by atoms with Crippen LogP contribution in [0.25, 0.3) is 0 Å². The third-order valence-electron chi connectivity index (χ3n) is 6.13. The van der Waals surface area contributed by atoms with Crippen molar-refractivity contribution >= 4 is 11.9 Å². The van der Waals surface area contributed by atoms with Gasteiger partial charge in [-0.05, 0) is 57.3 Å². The Kier molecular flexibility index (Phi) is 13.3. The lowest BCUT2D eigenvalue weighted by Crippen LogP contribution is -2.29. The molecule has 0 amide bonds. The lowest BCUT2D eigenvalue weighted by Gasteiger charge is -2.27. The van der Waals surface area contributed by atoms with Crippen LogP contribution in [0.3, 0.4) is 0 Å². The molecule has 0 saturated heterocycles. The average molecular weight is 397 g/mol. The van der Waals surface area contributed by atoms with E-state index in [-0.39, 0.29) is 23.9 Å². The zero-order chi connectivity index (χ0) is 20.8. The number of carboxylic acid groups (broad SMARTS) is 1. The molecule has 0 aromatic carbocycles. The van der Waals surface area contributed by atoms with Crippen molar-refractivity contribution in [3.63, 3.8) is 0 Å². The van der Waals surface area contributed by atoms with Gasteiger partial charge in [0.1, 0.15) is 6.10 Å². The second kappa shape index (κ2) is 14.9. The lowest BCUT2D eigenvalue weighted by atomic mass is 9.82. The highest BCUT2D eigenvalue weighted by atomic mass is 16.5. The predicted molar refractivity (Wildman–Crippen MR) is 114 cm³/mol. The van der Waals surface area contributed by atoms with Gasteiger partial charge >= 0.3 is 11.9 Å². The first-order valence-corrected chi connectivity index (χ1v) is 11.9. The molecule has 0 heterocycles. The maximum absolute atomic E-state index is 12.6. The maximum atomic E-state index is 12.6. The van der Waals surface area contributed by atoms with Gasteiger partial charge in [-0.2, -0.15) is 0 Å². The average Bonchev–Trinajstić information content (AvgIpc) is 2.66. The Balaban J connectivity index is 2.36. The number of aliphatic carboxylic acids is 1. The van der Waals surface area contributed by atoms with Gasteiger partial charge in [0.2, 0.25) is 0 Å². The summed E-state index contributed by atoms with van der Waals surface area (Å²) in [5, 5.41) is 9.12. The van der Waals surface area contributed by atoms with Crippen LogP contribution in [0.5, 0.6) is 0 Å². The molecular weight excluding hydrogens is 352 g/mol. The van der Waals surface area contributed by atoms with Crippen LogP contribution in [0, 0.1) is 17.8 Å². The van der Waals surface area contributed by atoms with E-state index in [1.54, 1.807) is 0 Å². The van der Waals surface area contributed by atoms with Gasteiger partial charge < -0.3 is 9.84 Å². The Morgan fingerprint density at radius 1 is 0.821 bits per heavy atom. The third kappa shape index (κ3) is 11.1. The minimum atomic E-state index is -0.725. The van der Waals surface area contributed by atoms with Crippen molar-refractivity contribution < 1.29 is 19.4 Å². The second-order valence-electron chi connectivity index (χ2n) is 9.18. The summed E-state index contributed by atoms with van der Waals surface area (Å²) in [5.41, 5.74) is 0. The fourth-order valence-electron chi connectivity index (χ4n) is 4.18. The van der Waals surface area contributed by atoms with Crippen molar-refractivity contribution in [3.8, 4) is 0 Å². The van der Waals surface area contributed by atoms with Gasteiger partial charge in [0.25, 0.3) is 0 Å². The van der Waals surface area contributed by atoms with Gasteiger partial charge in [0.05, 0.1) is 11.8 Å². The topological polar surface area (TPSA) is 63.6 Å². The normalized spacial score (nSPS) is 20.9. The zero-order valence-electron chi connectivity index (χ0n) is 18.6. The van der Waals surface area contributed by atoms with Crippen LogP contribution in [-0.4, -0.2) is 23.1 Å². The molecule has 4 nitrogen and oxygen atoms in total. The van der Waals surface area contributed by atoms with Crippen molar-refractivity contribution in [3.05, 3.63) is 0 Å². The van der Waals surface area contributed by atoms with E-state index in [1.807, 2.05) is 0 Å². The highest BCUT2D eigenvalue weighted by Crippen LogP contribution is 2.30. The van der Waals surface area contributed by atoms with Gasteiger partial charge in [-0.3, -0.25) is 9.59 Å². The molecule has 1 saturated carbocycles. The number of rotatable bonds is 15. The Morgan fingerprint density at radius 3 is 1.93 bits per heavy atom. The summed E-state index contributed by atoms with van der Waals surface area (Å²) < 4.78 is 5.93. The molecule has 1 N–H and O–H groups in total. The van der Waals surface area contributed by atoms with Crippen LogP contribution in [-0.2, 0) is 14.3 Å². The molecule has 0 aromatic rings. The summed E-state index contributed by atoms with van der Waals surface area (Å²) in [7, 11) is 0. The Morgan fingerprint density at radius 2 is 1.36 bits per heavy atom. The summed E-state index contributed by atoms with van der Waals surface area (Å²) in [6, 6.07) is 0.